The van der Waals surface area contributed by atoms with Crippen LogP contribution in [0.15, 0.2) is 63.9 Å². The van der Waals surface area contributed by atoms with Crippen LogP contribution in [0.3, 0.4) is 0 Å². The molecule has 0 aliphatic carbocycles. The van der Waals surface area contributed by atoms with Gasteiger partial charge in [0.2, 0.25) is 0 Å². The first-order valence-electron chi connectivity index (χ1n) is 6.76. The second kappa shape index (κ2) is 7.01. The summed E-state index contributed by atoms with van der Waals surface area (Å²) in [5.74, 6) is 0.781. The predicted octanol–water partition coefficient (Wildman–Crippen LogP) is 3.62. The summed E-state index contributed by atoms with van der Waals surface area (Å²) in [4.78, 5) is 12.3. The third-order valence-corrected chi connectivity index (χ3v) is 4.75. The smallest absolute Gasteiger partial charge is 0.198 e. The fourth-order valence-electron chi connectivity index (χ4n) is 1.95. The molecule has 0 unspecified atom stereocenters. The third kappa shape index (κ3) is 3.65. The predicted molar refractivity (Wildman–Crippen MR) is 91.9 cm³/mol. The number of nitrogens with zero attached hydrogens (tertiary/aromatic N) is 6. The van der Waals surface area contributed by atoms with E-state index in [-0.39, 0.29) is 0 Å². The molecule has 0 fully saturated rings. The van der Waals surface area contributed by atoms with E-state index >= 15 is 0 Å². The van der Waals surface area contributed by atoms with Crippen molar-refractivity contribution in [3.05, 3.63) is 53.7 Å². The van der Waals surface area contributed by atoms with Crippen molar-refractivity contribution in [3.8, 4) is 11.4 Å². The van der Waals surface area contributed by atoms with E-state index in [2.05, 4.69) is 47.7 Å². The van der Waals surface area contributed by atoms with Crippen molar-refractivity contribution in [2.45, 2.75) is 23.7 Å². The monoisotopic (exact) mass is 388 g/mol. The lowest BCUT2D eigenvalue weighted by atomic mass is 10.2. The van der Waals surface area contributed by atoms with Gasteiger partial charge in [-0.15, -0.1) is 10.2 Å². The fraction of sp³-hybridized carbons (Fsp3) is 0.133. The maximum absolute atomic E-state index is 4.33. The summed E-state index contributed by atoms with van der Waals surface area (Å²) >= 11 is 4.88. The zero-order valence-electron chi connectivity index (χ0n) is 12.3. The molecule has 0 saturated carbocycles. The molecule has 23 heavy (non-hydrogen) atoms. The maximum atomic E-state index is 4.33. The molecule has 0 radical (unpaired) electrons. The summed E-state index contributed by atoms with van der Waals surface area (Å²) in [6, 6.07) is 3.82. The SMILES string of the molecule is C=C(C)Cn1c(Sc2ncncc2Br)nnc1-c1ccncc1. The highest BCUT2D eigenvalue weighted by molar-refractivity contribution is 9.10. The Morgan fingerprint density at radius 1 is 1.26 bits per heavy atom. The average molecular weight is 389 g/mol. The highest BCUT2D eigenvalue weighted by Crippen LogP contribution is 2.32. The summed E-state index contributed by atoms with van der Waals surface area (Å²) in [5.41, 5.74) is 1.98. The minimum atomic E-state index is 0.635. The molecule has 0 spiro atoms. The molecule has 0 aliphatic rings. The molecule has 0 atom stereocenters. The molecule has 0 N–H and O–H groups in total. The lowest BCUT2D eigenvalue weighted by Crippen LogP contribution is -2.03. The summed E-state index contributed by atoms with van der Waals surface area (Å²) in [5, 5.41) is 10.2. The van der Waals surface area contributed by atoms with Crippen molar-refractivity contribution in [1.29, 1.82) is 0 Å². The summed E-state index contributed by atoms with van der Waals surface area (Å²) in [6.45, 7) is 6.61. The van der Waals surface area contributed by atoms with Gasteiger partial charge < -0.3 is 0 Å². The van der Waals surface area contributed by atoms with Crippen LogP contribution in [-0.2, 0) is 6.54 Å². The molecule has 3 aromatic heterocycles. The number of rotatable bonds is 5. The second-order valence-electron chi connectivity index (χ2n) is 4.86. The molecule has 0 saturated heterocycles. The van der Waals surface area contributed by atoms with Crippen LogP contribution >= 0.6 is 27.7 Å². The second-order valence-corrected chi connectivity index (χ2v) is 6.67. The number of halogens is 1. The van der Waals surface area contributed by atoms with E-state index in [1.807, 2.05) is 23.6 Å². The largest absolute Gasteiger partial charge is 0.298 e. The van der Waals surface area contributed by atoms with E-state index in [0.29, 0.717) is 6.54 Å². The van der Waals surface area contributed by atoms with Crippen LogP contribution in [0.2, 0.25) is 0 Å². The van der Waals surface area contributed by atoms with Crippen molar-refractivity contribution in [2.75, 3.05) is 0 Å². The lowest BCUT2D eigenvalue weighted by molar-refractivity contribution is 0.705. The summed E-state index contributed by atoms with van der Waals surface area (Å²) < 4.78 is 2.84. The highest BCUT2D eigenvalue weighted by atomic mass is 79.9. The van der Waals surface area contributed by atoms with Crippen molar-refractivity contribution in [1.82, 2.24) is 29.7 Å². The van der Waals surface area contributed by atoms with Crippen LogP contribution in [0.5, 0.6) is 0 Å². The van der Waals surface area contributed by atoms with Gasteiger partial charge in [-0.3, -0.25) is 9.55 Å². The maximum Gasteiger partial charge on any atom is 0.198 e. The molecule has 8 heteroatoms. The Bertz CT molecular complexity index is 833. The molecular weight excluding hydrogens is 376 g/mol. The van der Waals surface area contributed by atoms with Crippen LogP contribution < -0.4 is 0 Å². The molecular formula is C15H13BrN6S. The topological polar surface area (TPSA) is 69.4 Å². The standard InChI is InChI=1S/C15H13BrN6S/c1-10(2)8-22-13(11-3-5-17-6-4-11)20-21-15(22)23-14-12(16)7-18-9-19-14/h3-7,9H,1,8H2,2H3. The average Bonchev–Trinajstić information content (AvgIpc) is 2.92. The van der Waals surface area contributed by atoms with Crippen molar-refractivity contribution < 1.29 is 0 Å². The van der Waals surface area contributed by atoms with Gasteiger partial charge in [-0.1, -0.05) is 12.2 Å². The third-order valence-electron chi connectivity index (χ3n) is 2.91. The molecule has 3 heterocycles. The van der Waals surface area contributed by atoms with E-state index < -0.39 is 0 Å². The minimum Gasteiger partial charge on any atom is -0.298 e. The van der Waals surface area contributed by atoms with Gasteiger partial charge in [0.25, 0.3) is 0 Å². The molecule has 116 valence electrons. The van der Waals surface area contributed by atoms with Gasteiger partial charge in [-0.05, 0) is 46.7 Å². The summed E-state index contributed by atoms with van der Waals surface area (Å²) in [6.07, 6.45) is 6.70. The molecule has 3 aromatic rings. The molecule has 0 amide bonds. The Labute approximate surface area is 146 Å². The Hall–Kier alpha value is -2.06. The lowest BCUT2D eigenvalue weighted by Gasteiger charge is -2.10. The molecule has 0 aromatic carbocycles. The Kier molecular flexibility index (Phi) is 4.82. The van der Waals surface area contributed by atoms with Gasteiger partial charge in [0.05, 0.1) is 4.47 Å². The number of allylic oxidation sites excluding steroid dienone is 1. The van der Waals surface area contributed by atoms with Crippen molar-refractivity contribution in [2.24, 2.45) is 0 Å². The van der Waals surface area contributed by atoms with Gasteiger partial charge in [0.15, 0.2) is 11.0 Å². The first kappa shape index (κ1) is 15.8. The van der Waals surface area contributed by atoms with Crippen molar-refractivity contribution >= 4 is 27.7 Å². The van der Waals surface area contributed by atoms with Crippen molar-refractivity contribution in [3.63, 3.8) is 0 Å². The normalized spacial score (nSPS) is 10.7. The zero-order chi connectivity index (χ0) is 16.2. The number of aromatic nitrogens is 6. The summed E-state index contributed by atoms with van der Waals surface area (Å²) in [7, 11) is 0. The first-order chi connectivity index (χ1) is 11.1. The Morgan fingerprint density at radius 3 is 2.74 bits per heavy atom. The molecule has 0 bridgehead atoms. The Morgan fingerprint density at radius 2 is 2.04 bits per heavy atom. The van der Waals surface area contributed by atoms with E-state index in [0.717, 1.165) is 31.6 Å². The van der Waals surface area contributed by atoms with E-state index in [4.69, 9.17) is 0 Å². The van der Waals surface area contributed by atoms with E-state index in [1.165, 1.54) is 18.1 Å². The zero-order valence-corrected chi connectivity index (χ0v) is 14.8. The van der Waals surface area contributed by atoms with E-state index in [1.54, 1.807) is 18.6 Å². The Balaban J connectivity index is 2.02. The number of pyridine rings is 1. The molecule has 0 aliphatic heterocycles. The van der Waals surface area contributed by atoms with Crippen LogP contribution in [0.4, 0.5) is 0 Å². The quantitative estimate of drug-likeness (QED) is 0.491. The van der Waals surface area contributed by atoms with Gasteiger partial charge in [0, 0.05) is 30.7 Å². The van der Waals surface area contributed by atoms with Crippen LogP contribution in [0.1, 0.15) is 6.92 Å². The van der Waals surface area contributed by atoms with Gasteiger partial charge >= 0.3 is 0 Å². The number of hydrogen-bond donors (Lipinski definition) is 0. The molecule has 3 rings (SSSR count). The van der Waals surface area contributed by atoms with Gasteiger partial charge in [-0.25, -0.2) is 9.97 Å². The fourth-order valence-corrected chi connectivity index (χ4v) is 3.18. The molecule has 6 nitrogen and oxygen atoms in total. The first-order valence-corrected chi connectivity index (χ1v) is 8.37. The van der Waals surface area contributed by atoms with Gasteiger partial charge in [0.1, 0.15) is 11.4 Å². The van der Waals surface area contributed by atoms with Crippen LogP contribution in [-0.4, -0.2) is 29.7 Å². The highest BCUT2D eigenvalue weighted by Gasteiger charge is 2.16. The van der Waals surface area contributed by atoms with Gasteiger partial charge in [-0.2, -0.15) is 0 Å². The van der Waals surface area contributed by atoms with Crippen LogP contribution in [0, 0.1) is 0 Å². The minimum absolute atomic E-state index is 0.635. The van der Waals surface area contributed by atoms with Crippen LogP contribution in [0.25, 0.3) is 11.4 Å². The number of hydrogen-bond acceptors (Lipinski definition) is 6. The van der Waals surface area contributed by atoms with E-state index in [9.17, 15) is 0 Å².